The molecule has 0 radical (unpaired) electrons. The van der Waals surface area contributed by atoms with E-state index >= 15 is 0 Å². The molecule has 0 aromatic heterocycles. The zero-order valence-electron chi connectivity index (χ0n) is 13.0. The normalized spacial score (nSPS) is 22.9. The van der Waals surface area contributed by atoms with E-state index in [9.17, 15) is 0 Å². The molecule has 1 unspecified atom stereocenters. The van der Waals surface area contributed by atoms with Gasteiger partial charge in [0.25, 0.3) is 0 Å². The van der Waals surface area contributed by atoms with E-state index in [2.05, 4.69) is 71.2 Å². The summed E-state index contributed by atoms with van der Waals surface area (Å²) in [4.78, 5) is 2.71. The number of nitrogens with one attached hydrogen (secondary N) is 1. The van der Waals surface area contributed by atoms with Crippen molar-refractivity contribution in [2.75, 3.05) is 13.1 Å². The topological polar surface area (TPSA) is 15.3 Å². The van der Waals surface area contributed by atoms with Crippen molar-refractivity contribution in [2.24, 2.45) is 0 Å². The second-order valence-electron chi connectivity index (χ2n) is 5.89. The van der Waals surface area contributed by atoms with Crippen LogP contribution in [0, 0.1) is 0 Å². The summed E-state index contributed by atoms with van der Waals surface area (Å²) in [6.07, 6.45) is 3.62. The van der Waals surface area contributed by atoms with Gasteiger partial charge in [0, 0.05) is 35.7 Å². The van der Waals surface area contributed by atoms with E-state index in [1.807, 2.05) is 0 Å². The van der Waals surface area contributed by atoms with Crippen LogP contribution in [-0.2, 0) is 6.54 Å². The maximum Gasteiger partial charge on any atom is 0.0333 e. The zero-order chi connectivity index (χ0) is 14.6. The summed E-state index contributed by atoms with van der Waals surface area (Å²) < 4.78 is 1.23. The van der Waals surface area contributed by atoms with E-state index in [1.54, 1.807) is 0 Å². The predicted octanol–water partition coefficient (Wildman–Crippen LogP) is 4.19. The molecule has 1 atom stereocenters. The minimum Gasteiger partial charge on any atom is -0.311 e. The lowest BCUT2D eigenvalue weighted by Gasteiger charge is -2.50. The minimum absolute atomic E-state index is 0.306. The van der Waals surface area contributed by atoms with Crippen LogP contribution in [0.2, 0.25) is 0 Å². The molecule has 1 aromatic rings. The molecule has 0 saturated carbocycles. The van der Waals surface area contributed by atoms with Gasteiger partial charge in [0.2, 0.25) is 0 Å². The van der Waals surface area contributed by atoms with Gasteiger partial charge in [-0.25, -0.2) is 0 Å². The highest BCUT2D eigenvalue weighted by Gasteiger charge is 2.38. The van der Waals surface area contributed by atoms with Crippen molar-refractivity contribution in [1.82, 2.24) is 10.2 Å². The highest BCUT2D eigenvalue weighted by molar-refractivity contribution is 9.10. The van der Waals surface area contributed by atoms with Gasteiger partial charge in [-0.05, 0) is 30.9 Å². The van der Waals surface area contributed by atoms with Crippen molar-refractivity contribution in [3.05, 3.63) is 34.3 Å². The summed E-state index contributed by atoms with van der Waals surface area (Å²) in [7, 11) is 0. The Labute approximate surface area is 132 Å². The Hall–Kier alpha value is -0.380. The van der Waals surface area contributed by atoms with Gasteiger partial charge >= 0.3 is 0 Å². The molecule has 2 rings (SSSR count). The van der Waals surface area contributed by atoms with Crippen LogP contribution in [0.4, 0.5) is 0 Å². The monoisotopic (exact) mass is 338 g/mol. The van der Waals surface area contributed by atoms with E-state index in [0.29, 0.717) is 11.6 Å². The summed E-state index contributed by atoms with van der Waals surface area (Å²) in [5.41, 5.74) is 1.71. The third kappa shape index (κ3) is 3.26. The fourth-order valence-electron chi connectivity index (χ4n) is 3.26. The van der Waals surface area contributed by atoms with Gasteiger partial charge in [-0.15, -0.1) is 0 Å². The van der Waals surface area contributed by atoms with Gasteiger partial charge in [-0.2, -0.15) is 0 Å². The Bertz CT molecular complexity index is 429. The van der Waals surface area contributed by atoms with Crippen molar-refractivity contribution in [3.63, 3.8) is 0 Å². The van der Waals surface area contributed by atoms with Crippen LogP contribution in [0.25, 0.3) is 0 Å². The zero-order valence-corrected chi connectivity index (χ0v) is 14.5. The van der Waals surface area contributed by atoms with Crippen LogP contribution in [0.15, 0.2) is 28.7 Å². The van der Waals surface area contributed by atoms with Gasteiger partial charge < -0.3 is 5.32 Å². The van der Waals surface area contributed by atoms with Crippen LogP contribution in [0.3, 0.4) is 0 Å². The van der Waals surface area contributed by atoms with Crippen LogP contribution in [0.1, 0.15) is 45.6 Å². The molecule has 0 bridgehead atoms. The largest absolute Gasteiger partial charge is 0.311 e. The second-order valence-corrected chi connectivity index (χ2v) is 6.74. The average Bonchev–Trinajstić information content (AvgIpc) is 2.49. The van der Waals surface area contributed by atoms with Crippen molar-refractivity contribution >= 4 is 15.9 Å². The number of hydrogen-bond acceptors (Lipinski definition) is 2. The summed E-state index contributed by atoms with van der Waals surface area (Å²) in [5.74, 6) is 0. The highest BCUT2D eigenvalue weighted by Crippen LogP contribution is 2.30. The summed E-state index contributed by atoms with van der Waals surface area (Å²) >= 11 is 3.69. The van der Waals surface area contributed by atoms with Crippen LogP contribution in [0.5, 0.6) is 0 Å². The van der Waals surface area contributed by atoms with E-state index in [0.717, 1.165) is 19.6 Å². The van der Waals surface area contributed by atoms with Gasteiger partial charge in [-0.3, -0.25) is 4.90 Å². The number of piperazine rings is 1. The Balaban J connectivity index is 2.21. The van der Waals surface area contributed by atoms with E-state index in [1.165, 1.54) is 29.3 Å². The molecule has 112 valence electrons. The number of rotatable bonds is 5. The minimum atomic E-state index is 0.306. The van der Waals surface area contributed by atoms with Gasteiger partial charge in [0.15, 0.2) is 0 Å². The Morgan fingerprint density at radius 3 is 2.55 bits per heavy atom. The first-order chi connectivity index (χ1) is 9.65. The number of halogens is 1. The molecule has 20 heavy (non-hydrogen) atoms. The number of benzene rings is 1. The van der Waals surface area contributed by atoms with Crippen molar-refractivity contribution in [2.45, 2.75) is 58.2 Å². The maximum atomic E-state index is 3.74. The lowest BCUT2D eigenvalue weighted by molar-refractivity contribution is 0.0236. The van der Waals surface area contributed by atoms with Crippen molar-refractivity contribution in [3.8, 4) is 0 Å². The fourth-order valence-corrected chi connectivity index (χ4v) is 3.67. The smallest absolute Gasteiger partial charge is 0.0333 e. The maximum absolute atomic E-state index is 3.74. The molecule has 0 aliphatic carbocycles. The standard InChI is InChI=1S/C17H27BrN2/c1-4-15-12-20(17(5-2,6-3)13-19-15)11-14-9-7-8-10-16(14)18/h7-10,15,19H,4-6,11-13H2,1-3H3. The second kappa shape index (κ2) is 7.06. The first kappa shape index (κ1) is 16.0. The molecule has 1 saturated heterocycles. The Kier molecular flexibility index (Phi) is 5.65. The number of hydrogen-bond donors (Lipinski definition) is 1. The third-order valence-corrected chi connectivity index (χ3v) is 5.73. The Morgan fingerprint density at radius 1 is 1.25 bits per heavy atom. The summed E-state index contributed by atoms with van der Waals surface area (Å²) in [6, 6.07) is 9.24. The molecule has 2 nitrogen and oxygen atoms in total. The third-order valence-electron chi connectivity index (χ3n) is 4.96. The summed E-state index contributed by atoms with van der Waals surface area (Å²) in [5, 5.41) is 3.74. The molecule has 1 aromatic carbocycles. The first-order valence-electron chi connectivity index (χ1n) is 7.87. The van der Waals surface area contributed by atoms with E-state index in [4.69, 9.17) is 0 Å². The van der Waals surface area contributed by atoms with Crippen molar-refractivity contribution in [1.29, 1.82) is 0 Å². The summed E-state index contributed by atoms with van der Waals surface area (Å²) in [6.45, 7) is 10.2. The molecule has 1 N–H and O–H groups in total. The molecule has 1 heterocycles. The predicted molar refractivity (Wildman–Crippen MR) is 89.9 cm³/mol. The van der Waals surface area contributed by atoms with Crippen LogP contribution >= 0.6 is 15.9 Å². The molecule has 1 aliphatic rings. The van der Waals surface area contributed by atoms with Gasteiger partial charge in [-0.1, -0.05) is 54.9 Å². The van der Waals surface area contributed by atoms with Gasteiger partial charge in [0.05, 0.1) is 0 Å². The highest BCUT2D eigenvalue weighted by atomic mass is 79.9. The van der Waals surface area contributed by atoms with Crippen molar-refractivity contribution < 1.29 is 0 Å². The molecular weight excluding hydrogens is 312 g/mol. The molecule has 1 aliphatic heterocycles. The molecule has 1 fully saturated rings. The van der Waals surface area contributed by atoms with Crippen LogP contribution < -0.4 is 5.32 Å². The molecular formula is C17H27BrN2. The lowest BCUT2D eigenvalue weighted by Crippen LogP contribution is -2.63. The SMILES string of the molecule is CCC1CN(Cc2ccccc2Br)C(CC)(CC)CN1. The molecule has 0 spiro atoms. The van der Waals surface area contributed by atoms with Crippen LogP contribution in [-0.4, -0.2) is 29.6 Å². The average molecular weight is 339 g/mol. The van der Waals surface area contributed by atoms with Gasteiger partial charge in [0.1, 0.15) is 0 Å². The molecule has 3 heteroatoms. The quantitative estimate of drug-likeness (QED) is 0.865. The Morgan fingerprint density at radius 2 is 1.95 bits per heavy atom. The van der Waals surface area contributed by atoms with E-state index < -0.39 is 0 Å². The molecule has 0 amide bonds. The number of nitrogens with zero attached hydrogens (tertiary/aromatic N) is 1. The first-order valence-corrected chi connectivity index (χ1v) is 8.66. The van der Waals surface area contributed by atoms with E-state index in [-0.39, 0.29) is 0 Å². The lowest BCUT2D eigenvalue weighted by atomic mass is 9.86. The fraction of sp³-hybridized carbons (Fsp3) is 0.647.